The summed E-state index contributed by atoms with van der Waals surface area (Å²) in [5.41, 5.74) is -0.215. The SMILES string of the molecule is CCCCCCCCCC(CO)(CO)CCCCCCCCC. The maximum Gasteiger partial charge on any atom is 0.0509 e. The normalized spacial score (nSPS) is 12.0. The molecule has 0 rings (SSSR count). The van der Waals surface area contributed by atoms with Crippen molar-refractivity contribution in [1.82, 2.24) is 0 Å². The number of hydrogen-bond acceptors (Lipinski definition) is 2. The average molecular weight is 329 g/mol. The van der Waals surface area contributed by atoms with Crippen LogP contribution in [0.25, 0.3) is 0 Å². The van der Waals surface area contributed by atoms with Crippen molar-refractivity contribution in [1.29, 1.82) is 0 Å². The first-order valence-electron chi connectivity index (χ1n) is 10.5. The van der Waals surface area contributed by atoms with Gasteiger partial charge in [-0.05, 0) is 12.8 Å². The second-order valence-corrected chi connectivity index (χ2v) is 7.56. The van der Waals surface area contributed by atoms with Crippen LogP contribution in [0.4, 0.5) is 0 Å². The Labute approximate surface area is 146 Å². The highest BCUT2D eigenvalue weighted by atomic mass is 16.3. The lowest BCUT2D eigenvalue weighted by molar-refractivity contribution is 0.0353. The molecule has 0 aliphatic rings. The molecule has 0 amide bonds. The monoisotopic (exact) mass is 328 g/mol. The Bertz CT molecular complexity index is 204. The summed E-state index contributed by atoms with van der Waals surface area (Å²) in [6.45, 7) is 4.80. The predicted molar refractivity (Wildman–Crippen MR) is 102 cm³/mol. The molecule has 0 aliphatic heterocycles. The van der Waals surface area contributed by atoms with Gasteiger partial charge in [0.05, 0.1) is 13.2 Å². The number of aliphatic hydroxyl groups excluding tert-OH is 2. The Morgan fingerprint density at radius 3 is 1.09 bits per heavy atom. The Morgan fingerprint density at radius 1 is 0.478 bits per heavy atom. The summed E-state index contributed by atoms with van der Waals surface area (Å²) < 4.78 is 0. The summed E-state index contributed by atoms with van der Waals surface area (Å²) in [6, 6.07) is 0. The summed E-state index contributed by atoms with van der Waals surface area (Å²) in [7, 11) is 0. The molecule has 2 N–H and O–H groups in total. The summed E-state index contributed by atoms with van der Waals surface area (Å²) in [4.78, 5) is 0. The van der Waals surface area contributed by atoms with Gasteiger partial charge in [0.25, 0.3) is 0 Å². The number of aliphatic hydroxyl groups is 2. The van der Waals surface area contributed by atoms with Crippen molar-refractivity contribution in [3.8, 4) is 0 Å². The van der Waals surface area contributed by atoms with Crippen molar-refractivity contribution in [3.05, 3.63) is 0 Å². The van der Waals surface area contributed by atoms with E-state index in [9.17, 15) is 10.2 Å². The van der Waals surface area contributed by atoms with E-state index in [1.165, 1.54) is 77.0 Å². The van der Waals surface area contributed by atoms with Gasteiger partial charge < -0.3 is 10.2 Å². The molecule has 0 heterocycles. The first-order valence-corrected chi connectivity index (χ1v) is 10.5. The van der Waals surface area contributed by atoms with E-state index in [0.29, 0.717) is 0 Å². The lowest BCUT2D eigenvalue weighted by atomic mass is 9.79. The van der Waals surface area contributed by atoms with Crippen LogP contribution in [-0.2, 0) is 0 Å². The first-order chi connectivity index (χ1) is 11.2. The molecule has 0 aromatic carbocycles. The summed E-state index contributed by atoms with van der Waals surface area (Å²) in [5, 5.41) is 19.5. The largest absolute Gasteiger partial charge is 0.396 e. The van der Waals surface area contributed by atoms with Crippen LogP contribution in [0.15, 0.2) is 0 Å². The molecule has 0 radical (unpaired) electrons. The Kier molecular flexibility index (Phi) is 16.7. The van der Waals surface area contributed by atoms with Gasteiger partial charge in [-0.3, -0.25) is 0 Å². The molecular formula is C21H44O2. The molecule has 0 aromatic heterocycles. The van der Waals surface area contributed by atoms with Crippen LogP contribution >= 0.6 is 0 Å². The average Bonchev–Trinajstić information content (AvgIpc) is 2.58. The van der Waals surface area contributed by atoms with Crippen molar-refractivity contribution >= 4 is 0 Å². The molecule has 0 aromatic rings. The molecule has 23 heavy (non-hydrogen) atoms. The minimum absolute atomic E-state index is 0.148. The van der Waals surface area contributed by atoms with E-state index in [1.54, 1.807) is 0 Å². The zero-order valence-electron chi connectivity index (χ0n) is 16.1. The molecule has 0 spiro atoms. The second-order valence-electron chi connectivity index (χ2n) is 7.56. The summed E-state index contributed by atoms with van der Waals surface area (Å²) in [6.07, 6.45) is 20.1. The lowest BCUT2D eigenvalue weighted by Gasteiger charge is -2.30. The highest BCUT2D eigenvalue weighted by Crippen LogP contribution is 2.31. The third-order valence-electron chi connectivity index (χ3n) is 5.29. The van der Waals surface area contributed by atoms with E-state index in [4.69, 9.17) is 0 Å². The van der Waals surface area contributed by atoms with E-state index in [1.807, 2.05) is 0 Å². The number of hydrogen-bond donors (Lipinski definition) is 2. The smallest absolute Gasteiger partial charge is 0.0509 e. The van der Waals surface area contributed by atoms with E-state index in [0.717, 1.165) is 25.7 Å². The molecule has 2 heteroatoms. The van der Waals surface area contributed by atoms with Gasteiger partial charge in [0, 0.05) is 5.41 Å². The topological polar surface area (TPSA) is 40.5 Å². The highest BCUT2D eigenvalue weighted by Gasteiger charge is 2.27. The third-order valence-corrected chi connectivity index (χ3v) is 5.29. The first kappa shape index (κ1) is 22.9. The molecule has 0 atom stereocenters. The minimum atomic E-state index is -0.215. The molecule has 0 bridgehead atoms. The Morgan fingerprint density at radius 2 is 0.783 bits per heavy atom. The van der Waals surface area contributed by atoms with E-state index >= 15 is 0 Å². The van der Waals surface area contributed by atoms with Crippen LogP contribution in [0, 0.1) is 5.41 Å². The third kappa shape index (κ3) is 12.9. The van der Waals surface area contributed by atoms with Crippen molar-refractivity contribution in [3.63, 3.8) is 0 Å². The summed E-state index contributed by atoms with van der Waals surface area (Å²) in [5.74, 6) is 0. The zero-order valence-corrected chi connectivity index (χ0v) is 16.1. The van der Waals surface area contributed by atoms with Gasteiger partial charge in [0.2, 0.25) is 0 Å². The molecule has 0 saturated carbocycles. The molecular weight excluding hydrogens is 284 g/mol. The highest BCUT2D eigenvalue weighted by molar-refractivity contribution is 4.78. The van der Waals surface area contributed by atoms with E-state index in [2.05, 4.69) is 13.8 Å². The van der Waals surface area contributed by atoms with Crippen LogP contribution in [-0.4, -0.2) is 23.4 Å². The summed E-state index contributed by atoms with van der Waals surface area (Å²) >= 11 is 0. The molecule has 0 saturated heterocycles. The van der Waals surface area contributed by atoms with Gasteiger partial charge in [0.1, 0.15) is 0 Å². The van der Waals surface area contributed by atoms with Crippen LogP contribution < -0.4 is 0 Å². The lowest BCUT2D eigenvalue weighted by Crippen LogP contribution is -2.29. The second kappa shape index (κ2) is 16.8. The van der Waals surface area contributed by atoms with Crippen molar-refractivity contribution in [2.24, 2.45) is 5.41 Å². The number of rotatable bonds is 18. The van der Waals surface area contributed by atoms with Gasteiger partial charge in [-0.2, -0.15) is 0 Å². The van der Waals surface area contributed by atoms with Gasteiger partial charge in [-0.25, -0.2) is 0 Å². The minimum Gasteiger partial charge on any atom is -0.396 e. The van der Waals surface area contributed by atoms with E-state index in [-0.39, 0.29) is 18.6 Å². The van der Waals surface area contributed by atoms with E-state index < -0.39 is 0 Å². The fourth-order valence-electron chi connectivity index (χ4n) is 3.41. The Hall–Kier alpha value is -0.0800. The van der Waals surface area contributed by atoms with Crippen molar-refractivity contribution in [2.75, 3.05) is 13.2 Å². The molecule has 140 valence electrons. The molecule has 0 fully saturated rings. The standard InChI is InChI=1S/C21H44O2/c1-3-5-7-9-11-13-15-17-21(19-22,20-23)18-16-14-12-10-8-6-4-2/h22-23H,3-20H2,1-2H3. The molecule has 0 aliphatic carbocycles. The molecule has 0 unspecified atom stereocenters. The maximum absolute atomic E-state index is 9.76. The van der Waals surface area contributed by atoms with Crippen molar-refractivity contribution < 1.29 is 10.2 Å². The van der Waals surface area contributed by atoms with Gasteiger partial charge >= 0.3 is 0 Å². The van der Waals surface area contributed by atoms with Gasteiger partial charge in [0.15, 0.2) is 0 Å². The fraction of sp³-hybridized carbons (Fsp3) is 1.00. The van der Waals surface area contributed by atoms with Gasteiger partial charge in [-0.15, -0.1) is 0 Å². The van der Waals surface area contributed by atoms with Crippen LogP contribution in [0.3, 0.4) is 0 Å². The van der Waals surface area contributed by atoms with Gasteiger partial charge in [-0.1, -0.05) is 104 Å². The number of unbranched alkanes of at least 4 members (excludes halogenated alkanes) is 12. The van der Waals surface area contributed by atoms with Crippen LogP contribution in [0.2, 0.25) is 0 Å². The maximum atomic E-state index is 9.76. The van der Waals surface area contributed by atoms with Crippen LogP contribution in [0.1, 0.15) is 117 Å². The Balaban J connectivity index is 3.74. The predicted octanol–water partition coefficient (Wildman–Crippen LogP) is 6.24. The fourth-order valence-corrected chi connectivity index (χ4v) is 3.41. The molecule has 2 nitrogen and oxygen atoms in total. The zero-order chi connectivity index (χ0) is 17.2. The van der Waals surface area contributed by atoms with Crippen LogP contribution in [0.5, 0.6) is 0 Å². The quantitative estimate of drug-likeness (QED) is 0.292. The van der Waals surface area contributed by atoms with Crippen molar-refractivity contribution in [2.45, 2.75) is 117 Å².